The number of hydrogen-bond donors (Lipinski definition) is 0. The molecule has 0 saturated heterocycles. The molecule has 2 nitrogen and oxygen atoms in total. The van der Waals surface area contributed by atoms with Crippen molar-refractivity contribution in [3.05, 3.63) is 152 Å². The maximum absolute atomic E-state index is 6.34. The standard InChI is InChI=1S/C38H25NO/c1-2-11-27(12-3-1)32-15-8-9-17-35(32)39(30-20-18-26-10-4-5-14-29(26)24-30)31-21-23-36-34(25-31)38-33-16-7-6-13-28(33)19-22-37(38)40-36/h1-25H. The quantitative estimate of drug-likeness (QED) is 0.234. The fraction of sp³-hybridized carbons (Fsp3) is 0. The van der Waals surface area contributed by atoms with Gasteiger partial charge in [0.15, 0.2) is 0 Å². The first kappa shape index (κ1) is 22.6. The van der Waals surface area contributed by atoms with E-state index in [-0.39, 0.29) is 0 Å². The van der Waals surface area contributed by atoms with Crippen molar-refractivity contribution < 1.29 is 4.42 Å². The van der Waals surface area contributed by atoms with Crippen molar-refractivity contribution in [1.29, 1.82) is 0 Å². The Morgan fingerprint density at radius 3 is 1.98 bits per heavy atom. The minimum atomic E-state index is 0.893. The third kappa shape index (κ3) is 3.65. The summed E-state index contributed by atoms with van der Waals surface area (Å²) in [5.41, 5.74) is 7.49. The molecule has 0 radical (unpaired) electrons. The van der Waals surface area contributed by atoms with Crippen LogP contribution in [-0.4, -0.2) is 0 Å². The maximum Gasteiger partial charge on any atom is 0.136 e. The average Bonchev–Trinajstić information content (AvgIpc) is 3.40. The number of nitrogens with zero attached hydrogens (tertiary/aromatic N) is 1. The van der Waals surface area contributed by atoms with Gasteiger partial charge in [0.05, 0.1) is 5.69 Å². The Morgan fingerprint density at radius 2 is 1.07 bits per heavy atom. The number of hydrogen-bond acceptors (Lipinski definition) is 2. The zero-order valence-electron chi connectivity index (χ0n) is 21.8. The monoisotopic (exact) mass is 511 g/mol. The van der Waals surface area contributed by atoms with Gasteiger partial charge in [-0.25, -0.2) is 0 Å². The van der Waals surface area contributed by atoms with Crippen LogP contribution in [0.25, 0.3) is 54.6 Å². The summed E-state index contributed by atoms with van der Waals surface area (Å²) in [6.07, 6.45) is 0. The minimum Gasteiger partial charge on any atom is -0.456 e. The number of para-hydroxylation sites is 1. The van der Waals surface area contributed by atoms with Gasteiger partial charge in [-0.2, -0.15) is 0 Å². The van der Waals surface area contributed by atoms with Crippen molar-refractivity contribution in [3.8, 4) is 11.1 Å². The van der Waals surface area contributed by atoms with Gasteiger partial charge < -0.3 is 9.32 Å². The molecule has 0 bridgehead atoms. The van der Waals surface area contributed by atoms with Crippen LogP contribution in [0.5, 0.6) is 0 Å². The van der Waals surface area contributed by atoms with Crippen LogP contribution in [0.4, 0.5) is 17.1 Å². The van der Waals surface area contributed by atoms with Crippen molar-refractivity contribution in [2.45, 2.75) is 0 Å². The summed E-state index contributed by atoms with van der Waals surface area (Å²) < 4.78 is 6.34. The van der Waals surface area contributed by atoms with E-state index in [0.717, 1.165) is 39.0 Å². The van der Waals surface area contributed by atoms with E-state index in [9.17, 15) is 0 Å². The SMILES string of the molecule is c1ccc(-c2ccccc2N(c2ccc3ccccc3c2)c2ccc3oc4ccc5ccccc5c4c3c2)cc1. The molecule has 0 N–H and O–H groups in total. The molecule has 0 saturated carbocycles. The van der Waals surface area contributed by atoms with Gasteiger partial charge in [0, 0.05) is 27.7 Å². The molecule has 8 rings (SSSR count). The van der Waals surface area contributed by atoms with Gasteiger partial charge in [-0.15, -0.1) is 0 Å². The van der Waals surface area contributed by atoms with E-state index in [1.165, 1.54) is 32.7 Å². The fourth-order valence-electron chi connectivity index (χ4n) is 5.95. The Morgan fingerprint density at radius 1 is 0.425 bits per heavy atom. The Kier molecular flexibility index (Phi) is 5.17. The summed E-state index contributed by atoms with van der Waals surface area (Å²) in [7, 11) is 0. The first-order chi connectivity index (χ1) is 19.8. The van der Waals surface area contributed by atoms with Crippen molar-refractivity contribution in [2.75, 3.05) is 4.90 Å². The van der Waals surface area contributed by atoms with Crippen LogP contribution in [0.3, 0.4) is 0 Å². The first-order valence-corrected chi connectivity index (χ1v) is 13.6. The van der Waals surface area contributed by atoms with Gasteiger partial charge in [0.2, 0.25) is 0 Å². The van der Waals surface area contributed by atoms with Crippen LogP contribution in [-0.2, 0) is 0 Å². The summed E-state index contributed by atoms with van der Waals surface area (Å²) in [6, 6.07) is 53.8. The molecule has 0 atom stereocenters. The summed E-state index contributed by atoms with van der Waals surface area (Å²) >= 11 is 0. The fourth-order valence-corrected chi connectivity index (χ4v) is 5.95. The molecule has 2 heteroatoms. The summed E-state index contributed by atoms with van der Waals surface area (Å²) in [5.74, 6) is 0. The molecule has 8 aromatic rings. The van der Waals surface area contributed by atoms with Gasteiger partial charge in [0.1, 0.15) is 11.2 Å². The van der Waals surface area contributed by atoms with Crippen molar-refractivity contribution >= 4 is 60.5 Å². The maximum atomic E-state index is 6.34. The molecular formula is C38H25NO. The lowest BCUT2D eigenvalue weighted by molar-refractivity contribution is 0.669. The molecule has 1 heterocycles. The molecule has 0 fully saturated rings. The highest BCUT2D eigenvalue weighted by atomic mass is 16.3. The van der Waals surface area contributed by atoms with Crippen LogP contribution in [0, 0.1) is 0 Å². The summed E-state index contributed by atoms with van der Waals surface area (Å²) in [4.78, 5) is 2.37. The minimum absolute atomic E-state index is 0.893. The van der Waals surface area contributed by atoms with Crippen molar-refractivity contribution in [3.63, 3.8) is 0 Å². The number of fused-ring (bicyclic) bond motifs is 6. The third-order valence-electron chi connectivity index (χ3n) is 7.82. The van der Waals surface area contributed by atoms with E-state index in [4.69, 9.17) is 4.42 Å². The topological polar surface area (TPSA) is 16.4 Å². The largest absolute Gasteiger partial charge is 0.456 e. The van der Waals surface area contributed by atoms with E-state index < -0.39 is 0 Å². The van der Waals surface area contributed by atoms with E-state index in [0.29, 0.717) is 0 Å². The molecule has 0 unspecified atom stereocenters. The third-order valence-corrected chi connectivity index (χ3v) is 7.82. The van der Waals surface area contributed by atoms with E-state index >= 15 is 0 Å². The average molecular weight is 512 g/mol. The lowest BCUT2D eigenvalue weighted by Crippen LogP contribution is -2.11. The number of rotatable bonds is 4. The lowest BCUT2D eigenvalue weighted by Gasteiger charge is -2.28. The van der Waals surface area contributed by atoms with Crippen molar-refractivity contribution in [2.24, 2.45) is 0 Å². The highest BCUT2D eigenvalue weighted by Crippen LogP contribution is 2.44. The molecule has 7 aromatic carbocycles. The normalized spacial score (nSPS) is 11.5. The zero-order chi connectivity index (χ0) is 26.5. The Hall–Kier alpha value is -5.34. The van der Waals surface area contributed by atoms with Gasteiger partial charge in [-0.05, 0) is 69.6 Å². The van der Waals surface area contributed by atoms with Crippen LogP contribution < -0.4 is 4.90 Å². The molecule has 40 heavy (non-hydrogen) atoms. The summed E-state index contributed by atoms with van der Waals surface area (Å²) in [5, 5.41) is 7.13. The van der Waals surface area contributed by atoms with E-state index in [1.807, 2.05) is 0 Å². The molecule has 0 aliphatic carbocycles. The van der Waals surface area contributed by atoms with Crippen LogP contribution >= 0.6 is 0 Å². The Balaban J connectivity index is 1.42. The highest BCUT2D eigenvalue weighted by molar-refractivity contribution is 6.19. The number of anilines is 3. The summed E-state index contributed by atoms with van der Waals surface area (Å²) in [6.45, 7) is 0. The van der Waals surface area contributed by atoms with E-state index in [1.54, 1.807) is 0 Å². The smallest absolute Gasteiger partial charge is 0.136 e. The zero-order valence-corrected chi connectivity index (χ0v) is 21.8. The molecular weight excluding hydrogens is 486 g/mol. The van der Waals surface area contributed by atoms with Crippen LogP contribution in [0.15, 0.2) is 156 Å². The lowest BCUT2D eigenvalue weighted by atomic mass is 10.0. The molecule has 0 spiro atoms. The van der Waals surface area contributed by atoms with Crippen molar-refractivity contribution in [1.82, 2.24) is 0 Å². The molecule has 1 aromatic heterocycles. The molecule has 0 aliphatic heterocycles. The second kappa shape index (κ2) is 9.14. The van der Waals surface area contributed by atoms with Gasteiger partial charge in [0.25, 0.3) is 0 Å². The predicted octanol–water partition coefficient (Wildman–Crippen LogP) is 11.0. The molecule has 0 amide bonds. The van der Waals surface area contributed by atoms with Gasteiger partial charge in [-0.3, -0.25) is 0 Å². The molecule has 188 valence electrons. The highest BCUT2D eigenvalue weighted by Gasteiger charge is 2.19. The first-order valence-electron chi connectivity index (χ1n) is 13.6. The van der Waals surface area contributed by atoms with Crippen LogP contribution in [0.2, 0.25) is 0 Å². The van der Waals surface area contributed by atoms with Gasteiger partial charge in [-0.1, -0.05) is 109 Å². The second-order valence-electron chi connectivity index (χ2n) is 10.2. The van der Waals surface area contributed by atoms with E-state index in [2.05, 4.69) is 157 Å². The molecule has 0 aliphatic rings. The Labute approximate surface area is 232 Å². The Bertz CT molecular complexity index is 2170. The van der Waals surface area contributed by atoms with Crippen LogP contribution in [0.1, 0.15) is 0 Å². The second-order valence-corrected chi connectivity index (χ2v) is 10.2. The predicted molar refractivity (Wildman–Crippen MR) is 169 cm³/mol. The number of furan rings is 1. The van der Waals surface area contributed by atoms with Gasteiger partial charge >= 0.3 is 0 Å². The number of benzene rings is 7.